The molecule has 4 aliphatic carbocycles. The van der Waals surface area contributed by atoms with Crippen molar-refractivity contribution in [3.63, 3.8) is 0 Å². The third-order valence-corrected chi connectivity index (χ3v) is 9.30. The first-order valence-corrected chi connectivity index (χ1v) is 10.3. The van der Waals surface area contributed by atoms with Crippen LogP contribution in [0.2, 0.25) is 0 Å². The Balaban J connectivity index is 1.93. The third kappa shape index (κ3) is 2.21. The van der Waals surface area contributed by atoms with E-state index in [1.165, 1.54) is 18.2 Å². The fourth-order valence-electron chi connectivity index (χ4n) is 6.79. The minimum atomic E-state index is -1.84. The Morgan fingerprint density at radius 3 is 2.66 bits per heavy atom. The maximum atomic E-state index is 15.2. The summed E-state index contributed by atoms with van der Waals surface area (Å²) in [6, 6.07) is 0. The van der Waals surface area contributed by atoms with E-state index in [9.17, 15) is 24.9 Å². The van der Waals surface area contributed by atoms with Gasteiger partial charge in [-0.1, -0.05) is 26.8 Å². The molecule has 8 atom stereocenters. The first-order valence-electron chi connectivity index (χ1n) is 9.94. The molecule has 0 aromatic rings. The topological polar surface area (TPSA) is 94.8 Å². The highest BCUT2D eigenvalue weighted by Crippen LogP contribution is 2.70. The normalized spacial score (nSPS) is 51.0. The molecular formula is C22H26ClFO5. The standard InChI is InChI=1S/C22H26ClFO5/c1-11-6-13-14-8-16(24)15-7-12(26)4-5-19(15,2)21(14,23)17(27)9-20(13,3)22(11,29)18(28)10-25/h4-5,7-8,11,13-14,17,25,27,29H,6,9-10H2,1-3H3/t11?,13-,14-,17?,19-,20-,21-,22-/m0/s1. The number of hydrogen-bond acceptors (Lipinski definition) is 5. The molecule has 158 valence electrons. The molecule has 2 unspecified atom stereocenters. The molecule has 2 saturated carbocycles. The second-order valence-corrected chi connectivity index (χ2v) is 10.2. The number of Topliss-reactive ketones (excluding diaryl/α,β-unsaturated/α-hetero) is 1. The predicted octanol–water partition coefficient (Wildman–Crippen LogP) is 2.24. The van der Waals surface area contributed by atoms with E-state index < -0.39 is 63.4 Å². The van der Waals surface area contributed by atoms with E-state index in [1.54, 1.807) is 26.8 Å². The van der Waals surface area contributed by atoms with Gasteiger partial charge in [0.1, 0.15) is 18.0 Å². The molecule has 0 aromatic heterocycles. The zero-order valence-corrected chi connectivity index (χ0v) is 17.4. The minimum absolute atomic E-state index is 0.0182. The molecule has 0 radical (unpaired) electrons. The number of halogens is 2. The average Bonchev–Trinajstić information content (AvgIpc) is 2.86. The quantitative estimate of drug-likeness (QED) is 0.591. The predicted molar refractivity (Wildman–Crippen MR) is 105 cm³/mol. The van der Waals surface area contributed by atoms with Crippen molar-refractivity contribution in [1.29, 1.82) is 0 Å². The average molecular weight is 425 g/mol. The zero-order valence-electron chi connectivity index (χ0n) is 16.7. The zero-order chi connectivity index (χ0) is 21.6. The lowest BCUT2D eigenvalue weighted by Gasteiger charge is -2.62. The SMILES string of the molecule is CC1C[C@H]2[C@@H]3C=C(F)C4=CC(=O)C=C[C@]4(C)[C@@]3(Cl)C(O)C[C@]2(C)[C@@]1(O)C(=O)CO. The molecule has 0 saturated heterocycles. The molecule has 3 N–H and O–H groups in total. The van der Waals surface area contributed by atoms with Gasteiger partial charge in [-0.2, -0.15) is 0 Å². The summed E-state index contributed by atoms with van der Waals surface area (Å²) in [7, 11) is 0. The van der Waals surface area contributed by atoms with Gasteiger partial charge in [-0.3, -0.25) is 9.59 Å². The van der Waals surface area contributed by atoms with Gasteiger partial charge in [0, 0.05) is 22.3 Å². The lowest BCUT2D eigenvalue weighted by Crippen LogP contribution is -2.68. The fraction of sp³-hybridized carbons (Fsp3) is 0.636. The highest BCUT2D eigenvalue weighted by Gasteiger charge is 2.74. The van der Waals surface area contributed by atoms with Gasteiger partial charge in [-0.15, -0.1) is 11.6 Å². The molecule has 4 rings (SSSR count). The van der Waals surface area contributed by atoms with Crippen LogP contribution in [-0.4, -0.2) is 50.1 Å². The van der Waals surface area contributed by atoms with Gasteiger partial charge < -0.3 is 15.3 Å². The monoisotopic (exact) mass is 424 g/mol. The number of carbonyl (C=O) groups excluding carboxylic acids is 2. The second-order valence-electron chi connectivity index (χ2n) is 9.53. The van der Waals surface area contributed by atoms with E-state index in [2.05, 4.69) is 0 Å². The number of ketones is 2. The Morgan fingerprint density at radius 1 is 1.38 bits per heavy atom. The van der Waals surface area contributed by atoms with E-state index >= 15 is 4.39 Å². The largest absolute Gasteiger partial charge is 0.391 e. The second kappa shape index (κ2) is 6.10. The maximum Gasteiger partial charge on any atom is 0.190 e. The van der Waals surface area contributed by atoms with Crippen LogP contribution in [0.25, 0.3) is 0 Å². The van der Waals surface area contributed by atoms with Crippen molar-refractivity contribution in [2.75, 3.05) is 6.61 Å². The van der Waals surface area contributed by atoms with Crippen LogP contribution in [-0.2, 0) is 9.59 Å². The highest BCUT2D eigenvalue weighted by atomic mass is 35.5. The summed E-state index contributed by atoms with van der Waals surface area (Å²) < 4.78 is 15.2. The van der Waals surface area contributed by atoms with Crippen molar-refractivity contribution in [1.82, 2.24) is 0 Å². The smallest absolute Gasteiger partial charge is 0.190 e. The van der Waals surface area contributed by atoms with Gasteiger partial charge in [-0.05, 0) is 42.9 Å². The Bertz CT molecular complexity index is 896. The third-order valence-electron chi connectivity index (χ3n) is 8.41. The van der Waals surface area contributed by atoms with Crippen LogP contribution in [0.1, 0.15) is 33.6 Å². The van der Waals surface area contributed by atoms with Gasteiger partial charge in [0.05, 0.1) is 11.0 Å². The number of allylic oxidation sites excluding steroid dienone is 6. The molecule has 7 heteroatoms. The minimum Gasteiger partial charge on any atom is -0.391 e. The summed E-state index contributed by atoms with van der Waals surface area (Å²) in [5.74, 6) is -3.17. The molecule has 0 aliphatic heterocycles. The van der Waals surface area contributed by atoms with Crippen LogP contribution in [0.3, 0.4) is 0 Å². The number of carbonyl (C=O) groups is 2. The van der Waals surface area contributed by atoms with Crippen LogP contribution in [0.4, 0.5) is 4.39 Å². The Morgan fingerprint density at radius 2 is 2.03 bits per heavy atom. The molecule has 0 spiro atoms. The number of aliphatic hydroxyl groups excluding tert-OH is 2. The van der Waals surface area contributed by atoms with Crippen LogP contribution in [0.5, 0.6) is 0 Å². The Hall–Kier alpha value is -1.34. The Labute approximate surface area is 173 Å². The lowest BCUT2D eigenvalue weighted by molar-refractivity contribution is -0.175. The summed E-state index contributed by atoms with van der Waals surface area (Å²) in [6.45, 7) is 4.35. The van der Waals surface area contributed by atoms with Gasteiger partial charge in [0.15, 0.2) is 11.6 Å². The van der Waals surface area contributed by atoms with Crippen molar-refractivity contribution in [2.24, 2.45) is 28.6 Å². The highest BCUT2D eigenvalue weighted by molar-refractivity contribution is 6.26. The number of alkyl halides is 1. The van der Waals surface area contributed by atoms with Crippen molar-refractivity contribution in [3.05, 3.63) is 35.7 Å². The summed E-state index contributed by atoms with van der Waals surface area (Å²) in [6.07, 6.45) is 4.69. The van der Waals surface area contributed by atoms with E-state index in [0.717, 1.165) is 0 Å². The molecule has 5 nitrogen and oxygen atoms in total. The van der Waals surface area contributed by atoms with E-state index in [1.807, 2.05) is 0 Å². The Kier molecular flexibility index (Phi) is 4.40. The fourth-order valence-corrected chi connectivity index (χ4v) is 7.25. The molecular weight excluding hydrogens is 399 g/mol. The van der Waals surface area contributed by atoms with Crippen LogP contribution in [0, 0.1) is 28.6 Å². The number of aliphatic hydroxyl groups is 3. The van der Waals surface area contributed by atoms with Gasteiger partial charge in [-0.25, -0.2) is 4.39 Å². The van der Waals surface area contributed by atoms with Crippen LogP contribution < -0.4 is 0 Å². The van der Waals surface area contributed by atoms with Crippen molar-refractivity contribution in [2.45, 2.75) is 50.2 Å². The van der Waals surface area contributed by atoms with E-state index in [0.29, 0.717) is 6.42 Å². The number of hydrogen-bond donors (Lipinski definition) is 3. The summed E-state index contributed by atoms with van der Waals surface area (Å²) >= 11 is 7.16. The summed E-state index contributed by atoms with van der Waals surface area (Å²) in [4.78, 5) is 23.1. The first-order chi connectivity index (χ1) is 13.4. The first kappa shape index (κ1) is 20.9. The molecule has 29 heavy (non-hydrogen) atoms. The van der Waals surface area contributed by atoms with Gasteiger partial charge in [0.25, 0.3) is 0 Å². The summed E-state index contributed by atoms with van der Waals surface area (Å²) in [5.41, 5.74) is -3.91. The van der Waals surface area contributed by atoms with Crippen molar-refractivity contribution >= 4 is 23.2 Å². The number of rotatable bonds is 2. The van der Waals surface area contributed by atoms with Gasteiger partial charge >= 0.3 is 0 Å². The molecule has 0 aromatic carbocycles. The number of fused-ring (bicyclic) bond motifs is 5. The van der Waals surface area contributed by atoms with E-state index in [4.69, 9.17) is 11.6 Å². The maximum absolute atomic E-state index is 15.2. The summed E-state index contributed by atoms with van der Waals surface area (Å²) in [5, 5.41) is 32.2. The lowest BCUT2D eigenvalue weighted by atomic mass is 9.47. The molecule has 4 aliphatic rings. The van der Waals surface area contributed by atoms with Crippen molar-refractivity contribution in [3.8, 4) is 0 Å². The van der Waals surface area contributed by atoms with Gasteiger partial charge in [0.2, 0.25) is 0 Å². The van der Waals surface area contributed by atoms with Crippen LogP contribution >= 0.6 is 11.6 Å². The van der Waals surface area contributed by atoms with Crippen molar-refractivity contribution < 1.29 is 29.3 Å². The molecule has 0 bridgehead atoms. The van der Waals surface area contributed by atoms with E-state index in [-0.39, 0.29) is 17.8 Å². The molecule has 0 heterocycles. The molecule has 2 fully saturated rings. The van der Waals surface area contributed by atoms with Crippen LogP contribution in [0.15, 0.2) is 35.7 Å². The molecule has 0 amide bonds.